The van der Waals surface area contributed by atoms with Gasteiger partial charge < -0.3 is 5.32 Å². The molecule has 0 aliphatic carbocycles. The molecule has 0 saturated heterocycles. The Labute approximate surface area is 165 Å². The fourth-order valence-electron chi connectivity index (χ4n) is 2.49. The van der Waals surface area contributed by atoms with Crippen molar-refractivity contribution < 1.29 is 13.2 Å². The number of rotatable bonds is 8. The van der Waals surface area contributed by atoms with Gasteiger partial charge in [-0.2, -0.15) is 4.31 Å². The molecule has 2 rings (SSSR count). The Balaban J connectivity index is 2.03. The van der Waals surface area contributed by atoms with Crippen molar-refractivity contribution in [1.29, 1.82) is 0 Å². The van der Waals surface area contributed by atoms with Crippen molar-refractivity contribution in [2.24, 2.45) is 0 Å². The van der Waals surface area contributed by atoms with E-state index < -0.39 is 10.0 Å². The number of hydrogen-bond acceptors (Lipinski definition) is 4. The van der Waals surface area contributed by atoms with Crippen LogP contribution in [0.5, 0.6) is 0 Å². The molecule has 0 radical (unpaired) electrons. The molecule has 0 fully saturated rings. The maximum absolute atomic E-state index is 12.5. The summed E-state index contributed by atoms with van der Waals surface area (Å²) in [5.74, 6) is -0.275. The van der Waals surface area contributed by atoms with Gasteiger partial charge in [-0.05, 0) is 54.3 Å². The van der Waals surface area contributed by atoms with Gasteiger partial charge in [0.2, 0.25) is 15.9 Å². The van der Waals surface area contributed by atoms with Crippen LogP contribution in [-0.4, -0.2) is 38.0 Å². The largest absolute Gasteiger partial charge is 0.323 e. The number of hydrogen-bond donors (Lipinski definition) is 1. The Bertz CT molecular complexity index is 886. The first-order valence-corrected chi connectivity index (χ1v) is 11.3. The summed E-state index contributed by atoms with van der Waals surface area (Å²) in [5.41, 5.74) is 1.48. The van der Waals surface area contributed by atoms with Crippen LogP contribution in [0.3, 0.4) is 0 Å². The second kappa shape index (κ2) is 9.73. The van der Waals surface area contributed by atoms with Gasteiger partial charge in [0.25, 0.3) is 0 Å². The number of carbonyl (C=O) groups is 1. The number of nitrogens with one attached hydrogen (secondary N) is 1. The molecule has 7 heteroatoms. The number of sulfonamides is 1. The Hall–Kier alpha value is -2.09. The van der Waals surface area contributed by atoms with Crippen molar-refractivity contribution in [2.45, 2.75) is 23.6 Å². The summed E-state index contributed by atoms with van der Waals surface area (Å²) in [5, 5.41) is 2.73. The minimum atomic E-state index is -3.49. The molecule has 1 amide bonds. The lowest BCUT2D eigenvalue weighted by molar-refractivity contribution is -0.111. The van der Waals surface area contributed by atoms with E-state index in [1.165, 1.54) is 22.5 Å². The van der Waals surface area contributed by atoms with Crippen molar-refractivity contribution in [3.05, 3.63) is 60.2 Å². The van der Waals surface area contributed by atoms with Gasteiger partial charge in [0.15, 0.2) is 0 Å². The van der Waals surface area contributed by atoms with E-state index in [0.29, 0.717) is 18.8 Å². The molecule has 1 N–H and O–H groups in total. The van der Waals surface area contributed by atoms with Crippen LogP contribution in [0.25, 0.3) is 6.08 Å². The molecule has 0 atom stereocenters. The van der Waals surface area contributed by atoms with Crippen LogP contribution in [0, 0.1) is 0 Å². The van der Waals surface area contributed by atoms with Crippen LogP contribution >= 0.6 is 11.8 Å². The molecule has 0 spiro atoms. The molecule has 2 aromatic carbocycles. The maximum Gasteiger partial charge on any atom is 0.248 e. The maximum atomic E-state index is 12.5. The fourth-order valence-corrected chi connectivity index (χ4v) is 4.36. The average molecular weight is 405 g/mol. The van der Waals surface area contributed by atoms with Crippen molar-refractivity contribution in [1.82, 2.24) is 4.31 Å². The normalized spacial score (nSPS) is 11.9. The van der Waals surface area contributed by atoms with Crippen LogP contribution in [-0.2, 0) is 14.8 Å². The summed E-state index contributed by atoms with van der Waals surface area (Å²) in [6, 6.07) is 14.1. The molecule has 2 aromatic rings. The second-order valence-corrected chi connectivity index (χ2v) is 8.53. The molecule has 0 aliphatic rings. The quantitative estimate of drug-likeness (QED) is 0.532. The third-order valence-electron chi connectivity index (χ3n) is 4.01. The highest BCUT2D eigenvalue weighted by molar-refractivity contribution is 7.98. The van der Waals surface area contributed by atoms with E-state index in [1.54, 1.807) is 43.8 Å². The van der Waals surface area contributed by atoms with E-state index >= 15 is 0 Å². The minimum Gasteiger partial charge on any atom is -0.323 e. The van der Waals surface area contributed by atoms with Crippen LogP contribution in [0.4, 0.5) is 5.69 Å². The SMILES string of the molecule is CCN(CC)S(=O)(=O)c1ccc(NC(=O)C=Cc2ccc(SC)cc2)cc1. The van der Waals surface area contributed by atoms with E-state index in [0.717, 1.165) is 10.5 Å². The first kappa shape index (κ1) is 21.2. The van der Waals surface area contributed by atoms with Gasteiger partial charge in [-0.1, -0.05) is 26.0 Å². The molecular weight excluding hydrogens is 380 g/mol. The highest BCUT2D eigenvalue weighted by Crippen LogP contribution is 2.19. The molecule has 0 saturated carbocycles. The molecule has 27 heavy (non-hydrogen) atoms. The summed E-state index contributed by atoms with van der Waals surface area (Å²) in [7, 11) is -3.49. The summed E-state index contributed by atoms with van der Waals surface area (Å²) < 4.78 is 26.3. The van der Waals surface area contributed by atoms with E-state index in [1.807, 2.05) is 30.5 Å². The number of amides is 1. The lowest BCUT2D eigenvalue weighted by Crippen LogP contribution is -2.30. The summed E-state index contributed by atoms with van der Waals surface area (Å²) >= 11 is 1.66. The second-order valence-electron chi connectivity index (χ2n) is 5.71. The monoisotopic (exact) mass is 404 g/mol. The van der Waals surface area contributed by atoms with Crippen LogP contribution < -0.4 is 5.32 Å². The molecular formula is C20H24N2O3S2. The average Bonchev–Trinajstić information content (AvgIpc) is 2.68. The lowest BCUT2D eigenvalue weighted by Gasteiger charge is -2.18. The number of anilines is 1. The number of benzene rings is 2. The molecule has 0 aliphatic heterocycles. The van der Waals surface area contributed by atoms with Crippen molar-refractivity contribution in [3.8, 4) is 0 Å². The number of nitrogens with zero attached hydrogens (tertiary/aromatic N) is 1. The first-order valence-electron chi connectivity index (χ1n) is 8.64. The van der Waals surface area contributed by atoms with Crippen molar-refractivity contribution >= 4 is 39.5 Å². The van der Waals surface area contributed by atoms with E-state index in [4.69, 9.17) is 0 Å². The van der Waals surface area contributed by atoms with Gasteiger partial charge in [0.05, 0.1) is 4.90 Å². The first-order chi connectivity index (χ1) is 12.9. The fraction of sp³-hybridized carbons (Fsp3) is 0.250. The van der Waals surface area contributed by atoms with Gasteiger partial charge in [-0.25, -0.2) is 8.42 Å². The lowest BCUT2D eigenvalue weighted by atomic mass is 10.2. The predicted molar refractivity (Wildman–Crippen MR) is 112 cm³/mol. The minimum absolute atomic E-state index is 0.216. The van der Waals surface area contributed by atoms with Gasteiger partial charge in [-0.15, -0.1) is 11.8 Å². The highest BCUT2D eigenvalue weighted by Gasteiger charge is 2.21. The topological polar surface area (TPSA) is 66.5 Å². The third kappa shape index (κ3) is 5.69. The molecule has 0 aromatic heterocycles. The molecule has 0 heterocycles. The van der Waals surface area contributed by atoms with Crippen LogP contribution in [0.2, 0.25) is 0 Å². The molecule has 0 unspecified atom stereocenters. The van der Waals surface area contributed by atoms with Crippen molar-refractivity contribution in [2.75, 3.05) is 24.7 Å². The Morgan fingerprint density at radius 1 is 1.04 bits per heavy atom. The summed E-state index contributed by atoms with van der Waals surface area (Å²) in [6.45, 7) is 4.44. The van der Waals surface area contributed by atoms with Gasteiger partial charge in [0.1, 0.15) is 0 Å². The third-order valence-corrected chi connectivity index (χ3v) is 6.82. The zero-order chi connectivity index (χ0) is 19.9. The zero-order valence-corrected chi connectivity index (χ0v) is 17.3. The van der Waals surface area contributed by atoms with Crippen LogP contribution in [0.15, 0.2) is 64.4 Å². The molecule has 144 valence electrons. The van der Waals surface area contributed by atoms with Gasteiger partial charge >= 0.3 is 0 Å². The van der Waals surface area contributed by atoms with Crippen LogP contribution in [0.1, 0.15) is 19.4 Å². The highest BCUT2D eigenvalue weighted by atomic mass is 32.2. The van der Waals surface area contributed by atoms with Crippen molar-refractivity contribution in [3.63, 3.8) is 0 Å². The number of carbonyl (C=O) groups excluding carboxylic acids is 1. The van der Waals surface area contributed by atoms with Gasteiger partial charge in [0, 0.05) is 29.7 Å². The Morgan fingerprint density at radius 2 is 1.63 bits per heavy atom. The standard InChI is InChI=1S/C20H24N2O3S2/c1-4-22(5-2)27(24,25)19-13-9-17(10-14-19)21-20(23)15-8-16-6-11-18(26-3)12-7-16/h6-15H,4-5H2,1-3H3,(H,21,23). The summed E-state index contributed by atoms with van der Waals surface area (Å²) in [6.07, 6.45) is 5.20. The van der Waals surface area contributed by atoms with Gasteiger partial charge in [-0.3, -0.25) is 4.79 Å². The molecule has 0 bridgehead atoms. The number of thioether (sulfide) groups is 1. The van der Waals surface area contributed by atoms with E-state index in [9.17, 15) is 13.2 Å². The summed E-state index contributed by atoms with van der Waals surface area (Å²) in [4.78, 5) is 13.4. The predicted octanol–water partition coefficient (Wildman–Crippen LogP) is 4.09. The van der Waals surface area contributed by atoms with E-state index in [-0.39, 0.29) is 10.8 Å². The Morgan fingerprint density at radius 3 is 2.15 bits per heavy atom. The molecule has 5 nitrogen and oxygen atoms in total. The smallest absolute Gasteiger partial charge is 0.248 e. The van der Waals surface area contributed by atoms with E-state index in [2.05, 4.69) is 5.32 Å². The Kier molecular flexibility index (Phi) is 7.65. The zero-order valence-electron chi connectivity index (χ0n) is 15.7.